The number of thiazole rings is 1. The minimum Gasteiger partial charge on any atom is -0.356 e. The third kappa shape index (κ3) is 4.09. The van der Waals surface area contributed by atoms with Gasteiger partial charge in [-0.1, -0.05) is 24.3 Å². The van der Waals surface area contributed by atoms with Crippen LogP contribution >= 0.6 is 27.3 Å². The fourth-order valence-electron chi connectivity index (χ4n) is 2.25. The molecule has 3 rings (SSSR count). The van der Waals surface area contributed by atoms with Crippen molar-refractivity contribution in [3.63, 3.8) is 0 Å². The van der Waals surface area contributed by atoms with Crippen LogP contribution in [0.4, 0.5) is 0 Å². The van der Waals surface area contributed by atoms with Gasteiger partial charge in [0.05, 0.1) is 10.7 Å². The van der Waals surface area contributed by atoms with Gasteiger partial charge in [0.2, 0.25) is 0 Å². The van der Waals surface area contributed by atoms with Crippen molar-refractivity contribution in [3.05, 3.63) is 62.6 Å². The number of halogens is 1. The standard InChI is InChI=1S/C17H16BrN3OS/c1-11-21-16(10-23-11)13-4-2-12(3-5-13)6-7-19-17(22)15-8-14(18)9-20-15/h2-5,8-10,20H,6-7H2,1H3,(H,19,22). The molecular weight excluding hydrogens is 374 g/mol. The molecule has 0 bridgehead atoms. The molecule has 0 unspecified atom stereocenters. The zero-order valence-electron chi connectivity index (χ0n) is 12.6. The van der Waals surface area contributed by atoms with Gasteiger partial charge < -0.3 is 10.3 Å². The summed E-state index contributed by atoms with van der Waals surface area (Å²) in [5.74, 6) is -0.0923. The molecule has 4 nitrogen and oxygen atoms in total. The summed E-state index contributed by atoms with van der Waals surface area (Å²) in [6, 6.07) is 10.1. The summed E-state index contributed by atoms with van der Waals surface area (Å²) in [5.41, 5.74) is 3.89. The predicted molar refractivity (Wildman–Crippen MR) is 96.8 cm³/mol. The number of carbonyl (C=O) groups is 1. The van der Waals surface area contributed by atoms with Crippen LogP contribution in [0.1, 0.15) is 21.1 Å². The van der Waals surface area contributed by atoms with Crippen molar-refractivity contribution in [1.82, 2.24) is 15.3 Å². The zero-order chi connectivity index (χ0) is 16.2. The fraction of sp³-hybridized carbons (Fsp3) is 0.176. The Hall–Kier alpha value is -1.92. The summed E-state index contributed by atoms with van der Waals surface area (Å²) in [7, 11) is 0. The number of nitrogens with one attached hydrogen (secondary N) is 2. The molecule has 3 aromatic rings. The van der Waals surface area contributed by atoms with Gasteiger partial charge in [0.1, 0.15) is 5.69 Å². The van der Waals surface area contributed by atoms with Crippen molar-refractivity contribution in [3.8, 4) is 11.3 Å². The summed E-state index contributed by atoms with van der Waals surface area (Å²) >= 11 is 4.97. The van der Waals surface area contributed by atoms with E-state index in [1.807, 2.05) is 6.92 Å². The van der Waals surface area contributed by atoms with E-state index >= 15 is 0 Å². The van der Waals surface area contributed by atoms with E-state index in [2.05, 4.69) is 60.9 Å². The molecule has 6 heteroatoms. The quantitative estimate of drug-likeness (QED) is 0.687. The fourth-order valence-corrected chi connectivity index (χ4v) is 3.22. The first-order chi connectivity index (χ1) is 11.1. The smallest absolute Gasteiger partial charge is 0.267 e. The Bertz CT molecular complexity index is 807. The van der Waals surface area contributed by atoms with Crippen LogP contribution < -0.4 is 5.32 Å². The average Bonchev–Trinajstić information content (AvgIpc) is 3.16. The number of aromatic amines is 1. The van der Waals surface area contributed by atoms with Crippen molar-refractivity contribution >= 4 is 33.2 Å². The van der Waals surface area contributed by atoms with Crippen molar-refractivity contribution in [2.45, 2.75) is 13.3 Å². The van der Waals surface area contributed by atoms with Crippen LogP contribution in [0, 0.1) is 6.92 Å². The van der Waals surface area contributed by atoms with Gasteiger partial charge in [0.15, 0.2) is 0 Å². The molecule has 0 aliphatic carbocycles. The van der Waals surface area contributed by atoms with E-state index < -0.39 is 0 Å². The Balaban J connectivity index is 1.53. The molecule has 0 aliphatic rings. The molecular formula is C17H16BrN3OS. The van der Waals surface area contributed by atoms with Crippen LogP contribution in [-0.4, -0.2) is 22.4 Å². The van der Waals surface area contributed by atoms with Crippen LogP contribution in [0.5, 0.6) is 0 Å². The minimum atomic E-state index is -0.0923. The molecule has 0 spiro atoms. The first-order valence-corrected chi connectivity index (χ1v) is 8.92. The molecule has 1 amide bonds. The number of H-pyrrole nitrogens is 1. The van der Waals surface area contributed by atoms with E-state index in [9.17, 15) is 4.79 Å². The average molecular weight is 390 g/mol. The van der Waals surface area contributed by atoms with Crippen LogP contribution in [0.3, 0.4) is 0 Å². The summed E-state index contributed by atoms with van der Waals surface area (Å²) in [5, 5.41) is 6.05. The van der Waals surface area contributed by atoms with Crippen molar-refractivity contribution in [1.29, 1.82) is 0 Å². The Morgan fingerprint density at radius 3 is 2.74 bits per heavy atom. The van der Waals surface area contributed by atoms with Gasteiger partial charge in [-0.15, -0.1) is 11.3 Å². The van der Waals surface area contributed by atoms with Crippen LogP contribution in [0.2, 0.25) is 0 Å². The summed E-state index contributed by atoms with van der Waals surface area (Å²) in [6.45, 7) is 2.61. The lowest BCUT2D eigenvalue weighted by Crippen LogP contribution is -2.25. The largest absolute Gasteiger partial charge is 0.356 e. The third-order valence-corrected chi connectivity index (χ3v) is 4.69. The second kappa shape index (κ2) is 7.10. The monoisotopic (exact) mass is 389 g/mol. The van der Waals surface area contributed by atoms with Crippen molar-refractivity contribution < 1.29 is 4.79 Å². The highest BCUT2D eigenvalue weighted by molar-refractivity contribution is 9.10. The number of aromatic nitrogens is 2. The molecule has 0 aliphatic heterocycles. The highest BCUT2D eigenvalue weighted by Gasteiger charge is 2.07. The lowest BCUT2D eigenvalue weighted by molar-refractivity contribution is 0.0950. The zero-order valence-corrected chi connectivity index (χ0v) is 15.0. The first kappa shape index (κ1) is 16.0. The second-order valence-corrected chi connectivity index (χ2v) is 7.16. The molecule has 23 heavy (non-hydrogen) atoms. The van der Waals surface area contributed by atoms with E-state index in [0.717, 1.165) is 27.2 Å². The van der Waals surface area contributed by atoms with Gasteiger partial charge in [0.25, 0.3) is 5.91 Å². The lowest BCUT2D eigenvalue weighted by Gasteiger charge is -2.05. The number of nitrogens with zero attached hydrogens (tertiary/aromatic N) is 1. The topological polar surface area (TPSA) is 57.8 Å². The molecule has 0 fully saturated rings. The summed E-state index contributed by atoms with van der Waals surface area (Å²) < 4.78 is 0.871. The highest BCUT2D eigenvalue weighted by atomic mass is 79.9. The van der Waals surface area contributed by atoms with Gasteiger partial charge in [-0.25, -0.2) is 4.98 Å². The normalized spacial score (nSPS) is 10.7. The number of amides is 1. The SMILES string of the molecule is Cc1nc(-c2ccc(CCNC(=O)c3cc(Br)c[nH]3)cc2)cs1. The summed E-state index contributed by atoms with van der Waals surface area (Å²) in [6.07, 6.45) is 2.54. The Morgan fingerprint density at radius 1 is 1.35 bits per heavy atom. The molecule has 0 radical (unpaired) electrons. The van der Waals surface area contributed by atoms with E-state index in [4.69, 9.17) is 0 Å². The van der Waals surface area contributed by atoms with Gasteiger partial charge >= 0.3 is 0 Å². The molecule has 0 saturated heterocycles. The third-order valence-electron chi connectivity index (χ3n) is 3.46. The van der Waals surface area contributed by atoms with Crippen LogP contribution in [-0.2, 0) is 6.42 Å². The van der Waals surface area contributed by atoms with Crippen molar-refractivity contribution in [2.24, 2.45) is 0 Å². The van der Waals surface area contributed by atoms with Gasteiger partial charge in [0, 0.05) is 28.2 Å². The van der Waals surface area contributed by atoms with Crippen LogP contribution in [0.15, 0.2) is 46.4 Å². The summed E-state index contributed by atoms with van der Waals surface area (Å²) in [4.78, 5) is 19.3. The van der Waals surface area contributed by atoms with E-state index in [1.54, 1.807) is 23.6 Å². The first-order valence-electron chi connectivity index (χ1n) is 7.25. The molecule has 118 valence electrons. The molecule has 2 heterocycles. The highest BCUT2D eigenvalue weighted by Crippen LogP contribution is 2.21. The number of aryl methyl sites for hydroxylation is 1. The van der Waals surface area contributed by atoms with Gasteiger partial charge in [-0.05, 0) is 40.9 Å². The molecule has 2 aromatic heterocycles. The second-order valence-electron chi connectivity index (χ2n) is 5.19. The Morgan fingerprint density at radius 2 is 2.13 bits per heavy atom. The van der Waals surface area contributed by atoms with E-state index in [-0.39, 0.29) is 5.91 Å². The maximum atomic E-state index is 11.9. The number of benzene rings is 1. The minimum absolute atomic E-state index is 0.0923. The maximum absolute atomic E-state index is 11.9. The number of rotatable bonds is 5. The molecule has 0 saturated carbocycles. The van der Waals surface area contributed by atoms with Crippen LogP contribution in [0.25, 0.3) is 11.3 Å². The predicted octanol–water partition coefficient (Wildman–Crippen LogP) is 4.18. The molecule has 1 aromatic carbocycles. The van der Waals surface area contributed by atoms with Gasteiger partial charge in [-0.2, -0.15) is 0 Å². The maximum Gasteiger partial charge on any atom is 0.267 e. The Kier molecular flexibility index (Phi) is 4.93. The number of hydrogen-bond acceptors (Lipinski definition) is 3. The van der Waals surface area contributed by atoms with E-state index in [0.29, 0.717) is 12.2 Å². The van der Waals surface area contributed by atoms with E-state index in [1.165, 1.54) is 5.56 Å². The Labute approximate surface area is 147 Å². The van der Waals surface area contributed by atoms with Gasteiger partial charge in [-0.3, -0.25) is 4.79 Å². The van der Waals surface area contributed by atoms with Crippen molar-refractivity contribution in [2.75, 3.05) is 6.54 Å². The molecule has 2 N–H and O–H groups in total. The lowest BCUT2D eigenvalue weighted by atomic mass is 10.1. The molecule has 0 atom stereocenters. The number of hydrogen-bond donors (Lipinski definition) is 2. The number of carbonyl (C=O) groups excluding carboxylic acids is 1.